The molecule has 1 fully saturated rings. The summed E-state index contributed by atoms with van der Waals surface area (Å²) < 4.78 is 7.38. The van der Waals surface area contributed by atoms with Gasteiger partial charge in [0, 0.05) is 59.2 Å². The molecule has 54 heavy (non-hydrogen) atoms. The zero-order valence-electron chi connectivity index (χ0n) is 30.2. The number of aryl methyl sites for hydroxylation is 4. The lowest BCUT2D eigenvalue weighted by atomic mass is 9.90. The Bertz CT molecular complexity index is 2630. The highest BCUT2D eigenvalue weighted by Crippen LogP contribution is 2.38. The summed E-state index contributed by atoms with van der Waals surface area (Å²) >= 11 is 0. The number of rotatable bonds is 6. The number of imide groups is 1. The maximum atomic E-state index is 12.9. The number of nitrogens with one attached hydrogen (secondary N) is 2. The SMILES string of the molecule is CCc1cc(N2CCCc3nc(-c4ccc(C(=O)NCC#Cc5ccc6occ(C7CCC(=O)NC7=O)c6c5)nc4)ncc32)c2cc(C)c(=O)n(C)c2c1. The molecule has 1 saturated heterocycles. The number of anilines is 2. The fraction of sp³-hybridized carbons (Fsp3) is 0.262. The van der Waals surface area contributed by atoms with Gasteiger partial charge in [-0.2, -0.15) is 0 Å². The molecule has 12 heteroatoms. The number of benzene rings is 2. The molecule has 2 aromatic carbocycles. The predicted octanol–water partition coefficient (Wildman–Crippen LogP) is 5.39. The average molecular weight is 720 g/mol. The van der Waals surface area contributed by atoms with Crippen molar-refractivity contribution in [3.05, 3.63) is 111 Å². The van der Waals surface area contributed by atoms with Crippen LogP contribution < -0.4 is 21.1 Å². The van der Waals surface area contributed by atoms with Crippen molar-refractivity contribution in [3.8, 4) is 23.2 Å². The van der Waals surface area contributed by atoms with Gasteiger partial charge in [-0.3, -0.25) is 29.5 Å². The lowest BCUT2D eigenvalue weighted by molar-refractivity contribution is -0.134. The van der Waals surface area contributed by atoms with Gasteiger partial charge < -0.3 is 19.2 Å². The molecule has 8 rings (SSSR count). The Labute approximate surface area is 310 Å². The van der Waals surface area contributed by atoms with E-state index in [1.807, 2.05) is 38.4 Å². The van der Waals surface area contributed by atoms with Crippen LogP contribution in [0.25, 0.3) is 33.3 Å². The number of carbonyl (C=O) groups excluding carboxylic acids is 3. The molecule has 4 aromatic heterocycles. The standard InChI is InChI=1S/C42H37N7O5/c1-4-25-19-34-30(17-24(2)42(53)48(34)3)35(20-25)49-16-6-8-32-36(49)22-45-39(46-32)27-10-12-33(44-21-27)41(52)43-15-5-7-26-9-13-37-29(18-26)31(23-54-37)28-11-14-38(50)47-40(28)51/h9-10,12-13,17-23,28H,4,6,8,11,14-16H2,1-3H3,(H,43,52)(H,47,50,51). The van der Waals surface area contributed by atoms with Gasteiger partial charge in [0.1, 0.15) is 11.3 Å². The van der Waals surface area contributed by atoms with Gasteiger partial charge in [-0.1, -0.05) is 18.8 Å². The number of amides is 3. The predicted molar refractivity (Wildman–Crippen MR) is 204 cm³/mol. The third kappa shape index (κ3) is 6.38. The molecule has 6 heterocycles. The van der Waals surface area contributed by atoms with E-state index in [0.717, 1.165) is 70.3 Å². The monoisotopic (exact) mass is 719 g/mol. The molecule has 270 valence electrons. The van der Waals surface area contributed by atoms with Gasteiger partial charge in [0.15, 0.2) is 5.82 Å². The van der Waals surface area contributed by atoms with Crippen molar-refractivity contribution in [3.63, 3.8) is 0 Å². The van der Waals surface area contributed by atoms with E-state index < -0.39 is 5.92 Å². The largest absolute Gasteiger partial charge is 0.464 e. The molecule has 1 unspecified atom stereocenters. The Hall–Kier alpha value is -6.61. The third-order valence-electron chi connectivity index (χ3n) is 10.2. The van der Waals surface area contributed by atoms with Gasteiger partial charge in [0.2, 0.25) is 11.8 Å². The summed E-state index contributed by atoms with van der Waals surface area (Å²) in [6.07, 6.45) is 8.28. The third-order valence-corrected chi connectivity index (χ3v) is 10.2. The smallest absolute Gasteiger partial charge is 0.270 e. The van der Waals surface area contributed by atoms with Crippen molar-refractivity contribution < 1.29 is 18.8 Å². The van der Waals surface area contributed by atoms with E-state index in [9.17, 15) is 19.2 Å². The first-order valence-electron chi connectivity index (χ1n) is 18.0. The minimum absolute atomic E-state index is 0.00362. The molecule has 1 atom stereocenters. The number of furan rings is 1. The van der Waals surface area contributed by atoms with Crippen LogP contribution in [-0.4, -0.2) is 50.3 Å². The van der Waals surface area contributed by atoms with E-state index in [0.29, 0.717) is 34.5 Å². The Morgan fingerprint density at radius 2 is 1.89 bits per heavy atom. The minimum atomic E-state index is -0.464. The lowest BCUT2D eigenvalue weighted by Crippen LogP contribution is -2.39. The number of pyridine rings is 2. The summed E-state index contributed by atoms with van der Waals surface area (Å²) in [6, 6.07) is 15.2. The zero-order chi connectivity index (χ0) is 37.5. The van der Waals surface area contributed by atoms with Crippen LogP contribution in [0, 0.1) is 18.8 Å². The number of hydrogen-bond donors (Lipinski definition) is 2. The molecule has 12 nitrogen and oxygen atoms in total. The summed E-state index contributed by atoms with van der Waals surface area (Å²) in [4.78, 5) is 66.0. The number of hydrogen-bond acceptors (Lipinski definition) is 9. The number of fused-ring (bicyclic) bond motifs is 3. The van der Waals surface area contributed by atoms with Gasteiger partial charge in [0.25, 0.3) is 11.5 Å². The van der Waals surface area contributed by atoms with E-state index in [-0.39, 0.29) is 41.9 Å². The maximum absolute atomic E-state index is 12.9. The lowest BCUT2D eigenvalue weighted by Gasteiger charge is -2.32. The molecule has 0 spiro atoms. The van der Waals surface area contributed by atoms with Gasteiger partial charge >= 0.3 is 0 Å². The average Bonchev–Trinajstić information content (AvgIpc) is 3.61. The number of nitrogens with zero attached hydrogens (tertiary/aromatic N) is 5. The Balaban J connectivity index is 0.955. The summed E-state index contributed by atoms with van der Waals surface area (Å²) in [5, 5.41) is 6.97. The van der Waals surface area contributed by atoms with Gasteiger partial charge in [0.05, 0.1) is 47.5 Å². The molecule has 2 aliphatic rings. The first kappa shape index (κ1) is 34.5. The molecule has 0 bridgehead atoms. The van der Waals surface area contributed by atoms with Gasteiger partial charge in [-0.25, -0.2) is 9.97 Å². The second-order valence-electron chi connectivity index (χ2n) is 13.7. The minimum Gasteiger partial charge on any atom is -0.464 e. The molecule has 3 amide bonds. The van der Waals surface area contributed by atoms with Crippen molar-refractivity contribution in [1.29, 1.82) is 0 Å². The molecular formula is C42H37N7O5. The Morgan fingerprint density at radius 3 is 2.69 bits per heavy atom. The van der Waals surface area contributed by atoms with Crippen LogP contribution in [-0.2, 0) is 29.5 Å². The molecule has 0 radical (unpaired) electrons. The van der Waals surface area contributed by atoms with E-state index in [4.69, 9.17) is 14.4 Å². The molecule has 0 saturated carbocycles. The summed E-state index contributed by atoms with van der Waals surface area (Å²) in [6.45, 7) is 4.87. The van der Waals surface area contributed by atoms with Gasteiger partial charge in [-0.05, 0) is 86.7 Å². The number of piperidine rings is 1. The number of aromatic nitrogens is 4. The van der Waals surface area contributed by atoms with Gasteiger partial charge in [-0.15, -0.1) is 0 Å². The van der Waals surface area contributed by atoms with Crippen LogP contribution >= 0.6 is 0 Å². The highest BCUT2D eigenvalue weighted by molar-refractivity contribution is 6.03. The molecule has 6 aromatic rings. The second-order valence-corrected chi connectivity index (χ2v) is 13.7. The van der Waals surface area contributed by atoms with Crippen molar-refractivity contribution in [2.24, 2.45) is 7.05 Å². The first-order valence-corrected chi connectivity index (χ1v) is 18.0. The van der Waals surface area contributed by atoms with Crippen LogP contribution in [0.3, 0.4) is 0 Å². The van der Waals surface area contributed by atoms with Crippen LogP contribution in [0.1, 0.15) is 70.5 Å². The highest BCUT2D eigenvalue weighted by Gasteiger charge is 2.30. The Morgan fingerprint density at radius 1 is 1.02 bits per heavy atom. The van der Waals surface area contributed by atoms with E-state index in [1.165, 1.54) is 0 Å². The fourth-order valence-electron chi connectivity index (χ4n) is 7.33. The highest BCUT2D eigenvalue weighted by atomic mass is 16.3. The fourth-order valence-corrected chi connectivity index (χ4v) is 7.33. The van der Waals surface area contributed by atoms with Crippen LogP contribution in [0.2, 0.25) is 0 Å². The van der Waals surface area contributed by atoms with Crippen LogP contribution in [0.15, 0.2) is 76.4 Å². The second kappa shape index (κ2) is 14.1. The Kier molecular flexibility index (Phi) is 8.99. The van der Waals surface area contributed by atoms with Crippen molar-refractivity contribution in [2.45, 2.75) is 51.9 Å². The molecule has 2 N–H and O–H groups in total. The van der Waals surface area contributed by atoms with Crippen LogP contribution in [0.4, 0.5) is 11.4 Å². The topological polar surface area (TPSA) is 152 Å². The quantitative estimate of drug-likeness (QED) is 0.170. The first-order chi connectivity index (χ1) is 26.2. The van der Waals surface area contributed by atoms with Crippen molar-refractivity contribution >= 4 is 51.0 Å². The summed E-state index contributed by atoms with van der Waals surface area (Å²) in [5.74, 6) is 5.14. The van der Waals surface area contributed by atoms with Crippen molar-refractivity contribution in [1.82, 2.24) is 30.2 Å². The zero-order valence-corrected chi connectivity index (χ0v) is 30.2. The van der Waals surface area contributed by atoms with E-state index >= 15 is 0 Å². The van der Waals surface area contributed by atoms with Crippen LogP contribution in [0.5, 0.6) is 0 Å². The molecule has 0 aliphatic carbocycles. The van der Waals surface area contributed by atoms with Crippen molar-refractivity contribution in [2.75, 3.05) is 18.0 Å². The van der Waals surface area contributed by atoms with E-state index in [1.54, 1.807) is 35.2 Å². The number of carbonyl (C=O) groups is 3. The molecular weight excluding hydrogens is 683 g/mol. The maximum Gasteiger partial charge on any atom is 0.270 e. The molecule has 2 aliphatic heterocycles. The van der Waals surface area contributed by atoms with E-state index in [2.05, 4.69) is 51.4 Å². The summed E-state index contributed by atoms with van der Waals surface area (Å²) in [7, 11) is 1.83. The normalized spacial score (nSPS) is 15.5. The summed E-state index contributed by atoms with van der Waals surface area (Å²) in [5.41, 5.74) is 8.66.